The van der Waals surface area contributed by atoms with Crippen molar-refractivity contribution >= 4 is 11.8 Å². The summed E-state index contributed by atoms with van der Waals surface area (Å²) >= 11 is 0. The molecule has 1 aliphatic rings. The molecule has 2 amide bonds. The maximum Gasteiger partial charge on any atom is 0.289 e. The molecule has 2 heterocycles. The van der Waals surface area contributed by atoms with E-state index in [2.05, 4.69) is 5.32 Å². The second kappa shape index (κ2) is 7.09. The van der Waals surface area contributed by atoms with Crippen LogP contribution < -0.4 is 5.32 Å². The molecule has 1 fully saturated rings. The summed E-state index contributed by atoms with van der Waals surface area (Å²) in [6.07, 6.45) is 3.11. The largest absolute Gasteiger partial charge is 0.459 e. The number of piperidine rings is 1. The van der Waals surface area contributed by atoms with Gasteiger partial charge in [0, 0.05) is 26.7 Å². The molecule has 1 aromatic rings. The normalized spacial score (nSPS) is 18.9. The van der Waals surface area contributed by atoms with Gasteiger partial charge in [0.15, 0.2) is 5.76 Å². The number of carbonyl (C=O) groups is 2. The number of ether oxygens (including phenoxy) is 1. The summed E-state index contributed by atoms with van der Waals surface area (Å²) in [5.41, 5.74) is 0. The first kappa shape index (κ1) is 14.6. The molecule has 20 heavy (non-hydrogen) atoms. The van der Waals surface area contributed by atoms with E-state index in [1.165, 1.54) is 6.26 Å². The van der Waals surface area contributed by atoms with Crippen LogP contribution >= 0.6 is 0 Å². The fourth-order valence-corrected chi connectivity index (χ4v) is 2.35. The van der Waals surface area contributed by atoms with E-state index in [0.29, 0.717) is 32.0 Å². The maximum atomic E-state index is 12.2. The van der Waals surface area contributed by atoms with Gasteiger partial charge in [0.05, 0.1) is 18.8 Å². The van der Waals surface area contributed by atoms with Crippen LogP contribution in [0.1, 0.15) is 23.4 Å². The SMILES string of the molecule is COCCNC(=O)C1CCCN(C(=O)c2ccco2)C1. The Morgan fingerprint density at radius 3 is 3.10 bits per heavy atom. The van der Waals surface area contributed by atoms with Crippen LogP contribution in [0.2, 0.25) is 0 Å². The fraction of sp³-hybridized carbons (Fsp3) is 0.571. The van der Waals surface area contributed by atoms with E-state index in [-0.39, 0.29) is 17.7 Å². The van der Waals surface area contributed by atoms with Crippen molar-refractivity contribution < 1.29 is 18.7 Å². The standard InChI is InChI=1S/C14H20N2O4/c1-19-9-6-15-13(17)11-4-2-7-16(10-11)14(18)12-5-3-8-20-12/h3,5,8,11H,2,4,6-7,9-10H2,1H3,(H,15,17). The number of furan rings is 1. The summed E-state index contributed by atoms with van der Waals surface area (Å²) in [4.78, 5) is 25.9. The molecule has 0 spiro atoms. The summed E-state index contributed by atoms with van der Waals surface area (Å²) < 4.78 is 10.0. The molecule has 0 radical (unpaired) electrons. The molecule has 0 bridgehead atoms. The van der Waals surface area contributed by atoms with Gasteiger partial charge in [-0.2, -0.15) is 0 Å². The van der Waals surface area contributed by atoms with E-state index in [0.717, 1.165) is 12.8 Å². The van der Waals surface area contributed by atoms with Crippen molar-refractivity contribution in [2.24, 2.45) is 5.92 Å². The number of amides is 2. The molecule has 0 aromatic carbocycles. The zero-order valence-electron chi connectivity index (χ0n) is 11.6. The molecule has 1 N–H and O–H groups in total. The first-order valence-electron chi connectivity index (χ1n) is 6.82. The van der Waals surface area contributed by atoms with E-state index in [1.807, 2.05) is 0 Å². The minimum absolute atomic E-state index is 0.0148. The van der Waals surface area contributed by atoms with Crippen molar-refractivity contribution in [3.05, 3.63) is 24.2 Å². The first-order valence-corrected chi connectivity index (χ1v) is 6.82. The third-order valence-corrected chi connectivity index (χ3v) is 3.42. The Morgan fingerprint density at radius 1 is 1.55 bits per heavy atom. The van der Waals surface area contributed by atoms with Gasteiger partial charge in [0.2, 0.25) is 5.91 Å². The van der Waals surface area contributed by atoms with Crippen LogP contribution in [0.25, 0.3) is 0 Å². The van der Waals surface area contributed by atoms with Crippen molar-refractivity contribution in [2.75, 3.05) is 33.4 Å². The Hall–Kier alpha value is -1.82. The van der Waals surface area contributed by atoms with Gasteiger partial charge in [-0.3, -0.25) is 9.59 Å². The fourth-order valence-electron chi connectivity index (χ4n) is 2.35. The van der Waals surface area contributed by atoms with E-state index < -0.39 is 0 Å². The van der Waals surface area contributed by atoms with Crippen molar-refractivity contribution in [1.29, 1.82) is 0 Å². The van der Waals surface area contributed by atoms with Crippen LogP contribution in [0.15, 0.2) is 22.8 Å². The zero-order valence-corrected chi connectivity index (χ0v) is 11.6. The van der Waals surface area contributed by atoms with Crippen molar-refractivity contribution in [2.45, 2.75) is 12.8 Å². The summed E-state index contributed by atoms with van der Waals surface area (Å²) in [6, 6.07) is 3.33. The van der Waals surface area contributed by atoms with Crippen molar-refractivity contribution in [3.8, 4) is 0 Å². The highest BCUT2D eigenvalue weighted by atomic mass is 16.5. The molecule has 6 heteroatoms. The van der Waals surface area contributed by atoms with Crippen LogP contribution in [0, 0.1) is 5.92 Å². The second-order valence-corrected chi connectivity index (χ2v) is 4.85. The number of methoxy groups -OCH3 is 1. The molecular formula is C14H20N2O4. The summed E-state index contributed by atoms with van der Waals surface area (Å²) in [7, 11) is 1.59. The predicted molar refractivity (Wildman–Crippen MR) is 72.2 cm³/mol. The van der Waals surface area contributed by atoms with E-state index >= 15 is 0 Å². The number of hydrogen-bond donors (Lipinski definition) is 1. The average Bonchev–Trinajstić information content (AvgIpc) is 3.01. The number of nitrogens with one attached hydrogen (secondary N) is 1. The first-order chi connectivity index (χ1) is 9.72. The number of rotatable bonds is 5. The lowest BCUT2D eigenvalue weighted by Crippen LogP contribution is -2.45. The molecule has 0 aliphatic carbocycles. The van der Waals surface area contributed by atoms with Crippen LogP contribution in [0.3, 0.4) is 0 Å². The second-order valence-electron chi connectivity index (χ2n) is 4.85. The van der Waals surface area contributed by atoms with Gasteiger partial charge in [-0.1, -0.05) is 0 Å². The van der Waals surface area contributed by atoms with Crippen LogP contribution in [0.4, 0.5) is 0 Å². The number of carbonyl (C=O) groups excluding carboxylic acids is 2. The molecule has 6 nitrogen and oxygen atoms in total. The highest BCUT2D eigenvalue weighted by molar-refractivity contribution is 5.92. The molecular weight excluding hydrogens is 260 g/mol. The zero-order chi connectivity index (χ0) is 14.4. The van der Waals surface area contributed by atoms with Gasteiger partial charge < -0.3 is 19.4 Å². The molecule has 0 saturated carbocycles. The summed E-state index contributed by atoms with van der Waals surface area (Å²) in [5, 5.41) is 2.82. The number of hydrogen-bond acceptors (Lipinski definition) is 4. The van der Waals surface area contributed by atoms with Gasteiger partial charge in [-0.25, -0.2) is 0 Å². The predicted octanol–water partition coefficient (Wildman–Crippen LogP) is 0.894. The number of nitrogens with zero attached hydrogens (tertiary/aromatic N) is 1. The molecule has 2 rings (SSSR count). The lowest BCUT2D eigenvalue weighted by Gasteiger charge is -2.31. The van der Waals surface area contributed by atoms with Crippen LogP contribution in [-0.4, -0.2) is 50.1 Å². The molecule has 110 valence electrons. The Labute approximate surface area is 118 Å². The third-order valence-electron chi connectivity index (χ3n) is 3.42. The lowest BCUT2D eigenvalue weighted by atomic mass is 9.97. The van der Waals surface area contributed by atoms with Gasteiger partial charge in [-0.05, 0) is 25.0 Å². The highest BCUT2D eigenvalue weighted by Crippen LogP contribution is 2.19. The Bertz CT molecular complexity index is 444. The Kier molecular flexibility index (Phi) is 5.17. The smallest absolute Gasteiger partial charge is 0.289 e. The topological polar surface area (TPSA) is 71.8 Å². The van der Waals surface area contributed by atoms with Gasteiger partial charge in [-0.15, -0.1) is 0 Å². The summed E-state index contributed by atoms with van der Waals surface area (Å²) in [5.74, 6) is 0.00773. The monoisotopic (exact) mass is 280 g/mol. The van der Waals surface area contributed by atoms with E-state index in [9.17, 15) is 9.59 Å². The van der Waals surface area contributed by atoms with Gasteiger partial charge >= 0.3 is 0 Å². The maximum absolute atomic E-state index is 12.2. The molecule has 1 aliphatic heterocycles. The average molecular weight is 280 g/mol. The minimum Gasteiger partial charge on any atom is -0.459 e. The Balaban J connectivity index is 1.88. The van der Waals surface area contributed by atoms with Gasteiger partial charge in [0.25, 0.3) is 5.91 Å². The van der Waals surface area contributed by atoms with E-state index in [4.69, 9.17) is 9.15 Å². The highest BCUT2D eigenvalue weighted by Gasteiger charge is 2.29. The quantitative estimate of drug-likeness (QED) is 0.813. The molecule has 1 aromatic heterocycles. The van der Waals surface area contributed by atoms with E-state index in [1.54, 1.807) is 24.1 Å². The van der Waals surface area contributed by atoms with Crippen molar-refractivity contribution in [1.82, 2.24) is 10.2 Å². The number of likely N-dealkylation sites (tertiary alicyclic amines) is 1. The Morgan fingerprint density at radius 2 is 2.40 bits per heavy atom. The van der Waals surface area contributed by atoms with Crippen LogP contribution in [0.5, 0.6) is 0 Å². The van der Waals surface area contributed by atoms with Crippen LogP contribution in [-0.2, 0) is 9.53 Å². The molecule has 1 atom stereocenters. The van der Waals surface area contributed by atoms with Crippen molar-refractivity contribution in [3.63, 3.8) is 0 Å². The lowest BCUT2D eigenvalue weighted by molar-refractivity contribution is -0.126. The third kappa shape index (κ3) is 3.60. The van der Waals surface area contributed by atoms with Gasteiger partial charge in [0.1, 0.15) is 0 Å². The molecule has 1 unspecified atom stereocenters. The minimum atomic E-state index is -0.153. The summed E-state index contributed by atoms with van der Waals surface area (Å²) in [6.45, 7) is 2.10. The molecule has 1 saturated heterocycles.